The third kappa shape index (κ3) is 4.68. The van der Waals surface area contributed by atoms with Gasteiger partial charge in [-0.15, -0.1) is 0 Å². The number of aromatic amines is 1. The normalized spacial score (nSPS) is 11.4. The van der Waals surface area contributed by atoms with Gasteiger partial charge in [-0.2, -0.15) is 5.10 Å². The number of halogens is 1. The van der Waals surface area contributed by atoms with E-state index in [1.807, 2.05) is 0 Å². The summed E-state index contributed by atoms with van der Waals surface area (Å²) in [6.07, 6.45) is 1.31. The average molecular weight is 418 g/mol. The molecule has 0 spiro atoms. The third-order valence-electron chi connectivity index (χ3n) is 3.62. The van der Waals surface area contributed by atoms with Gasteiger partial charge in [0.1, 0.15) is 5.02 Å². The first-order valence-electron chi connectivity index (χ1n) is 8.27. The summed E-state index contributed by atoms with van der Waals surface area (Å²) in [5.41, 5.74) is 4.56. The standard InChI is InChI=1S/C18H16ClN5O3S/c1-10(2)28-18-21-14-6-4-12(8-15(14)22-18)17(25)23-20-9-11-3-5-13(19)16(7-11)24(26)27/h3-10H,1-2H3,(H,21,22)(H,23,25)/b20-9-. The summed E-state index contributed by atoms with van der Waals surface area (Å²) < 4.78 is 0. The summed E-state index contributed by atoms with van der Waals surface area (Å²) in [5, 5.41) is 16.0. The Bertz CT molecular complexity index is 1080. The lowest BCUT2D eigenvalue weighted by Gasteiger charge is -2.00. The summed E-state index contributed by atoms with van der Waals surface area (Å²) in [4.78, 5) is 30.3. The summed E-state index contributed by atoms with van der Waals surface area (Å²) >= 11 is 7.37. The minimum Gasteiger partial charge on any atom is -0.333 e. The van der Waals surface area contributed by atoms with Crippen LogP contribution in [0.15, 0.2) is 46.7 Å². The van der Waals surface area contributed by atoms with Gasteiger partial charge >= 0.3 is 0 Å². The Balaban J connectivity index is 1.71. The van der Waals surface area contributed by atoms with Crippen LogP contribution in [0.1, 0.15) is 29.8 Å². The van der Waals surface area contributed by atoms with Gasteiger partial charge in [-0.25, -0.2) is 10.4 Å². The summed E-state index contributed by atoms with van der Waals surface area (Å²) in [6.45, 7) is 4.15. The van der Waals surface area contributed by atoms with Crippen molar-refractivity contribution in [2.45, 2.75) is 24.3 Å². The highest BCUT2D eigenvalue weighted by atomic mass is 35.5. The van der Waals surface area contributed by atoms with Crippen LogP contribution >= 0.6 is 23.4 Å². The Labute approximate surface area is 169 Å². The zero-order valence-corrected chi connectivity index (χ0v) is 16.5. The summed E-state index contributed by atoms with van der Waals surface area (Å²) in [7, 11) is 0. The molecule has 2 N–H and O–H groups in total. The van der Waals surface area contributed by atoms with E-state index in [1.54, 1.807) is 36.0 Å². The van der Waals surface area contributed by atoms with E-state index < -0.39 is 10.8 Å². The lowest BCUT2D eigenvalue weighted by molar-refractivity contribution is -0.384. The number of rotatable bonds is 6. The van der Waals surface area contributed by atoms with E-state index in [0.29, 0.717) is 16.4 Å². The van der Waals surface area contributed by atoms with Gasteiger partial charge in [-0.1, -0.05) is 43.3 Å². The fourth-order valence-corrected chi connectivity index (χ4v) is 3.34. The molecule has 0 aliphatic heterocycles. The number of nitro groups is 1. The molecule has 0 aliphatic rings. The highest BCUT2D eigenvalue weighted by Crippen LogP contribution is 2.25. The monoisotopic (exact) mass is 417 g/mol. The van der Waals surface area contributed by atoms with Crippen LogP contribution in [0, 0.1) is 10.1 Å². The number of hydrogen-bond acceptors (Lipinski definition) is 6. The number of thioether (sulfide) groups is 1. The largest absolute Gasteiger partial charge is 0.333 e. The number of carbonyl (C=O) groups excluding carboxylic acids is 1. The number of aromatic nitrogens is 2. The SMILES string of the molecule is CC(C)Sc1nc2ccc(C(=O)N/N=C\c3ccc(Cl)c([N+](=O)[O-])c3)cc2[nH]1. The molecule has 10 heteroatoms. The molecule has 0 atom stereocenters. The Kier molecular flexibility index (Phi) is 5.96. The number of carbonyl (C=O) groups is 1. The first-order valence-corrected chi connectivity index (χ1v) is 9.53. The van der Waals surface area contributed by atoms with Gasteiger partial charge in [0.05, 0.1) is 22.2 Å². The Morgan fingerprint density at radius 1 is 1.36 bits per heavy atom. The van der Waals surface area contributed by atoms with Crippen LogP contribution in [0.2, 0.25) is 5.02 Å². The molecule has 1 heterocycles. The number of imidazole rings is 1. The van der Waals surface area contributed by atoms with Crippen molar-refractivity contribution in [2.75, 3.05) is 0 Å². The molecule has 0 bridgehead atoms. The van der Waals surface area contributed by atoms with Crippen LogP contribution in [0.4, 0.5) is 5.69 Å². The van der Waals surface area contributed by atoms with Gasteiger partial charge in [0.15, 0.2) is 5.16 Å². The third-order valence-corrected chi connectivity index (χ3v) is 4.82. The minimum absolute atomic E-state index is 0.0362. The van der Waals surface area contributed by atoms with Crippen molar-refractivity contribution in [3.8, 4) is 0 Å². The van der Waals surface area contributed by atoms with Crippen LogP contribution in [0.5, 0.6) is 0 Å². The van der Waals surface area contributed by atoms with Crippen LogP contribution in [0.25, 0.3) is 11.0 Å². The molecule has 2 aromatic carbocycles. The van der Waals surface area contributed by atoms with Gasteiger partial charge in [0.25, 0.3) is 11.6 Å². The number of fused-ring (bicyclic) bond motifs is 1. The maximum Gasteiger partial charge on any atom is 0.288 e. The van der Waals surface area contributed by atoms with Gasteiger partial charge < -0.3 is 4.98 Å². The van der Waals surface area contributed by atoms with E-state index in [4.69, 9.17) is 11.6 Å². The molecular formula is C18H16ClN5O3S. The minimum atomic E-state index is -0.580. The van der Waals surface area contributed by atoms with Crippen molar-refractivity contribution in [1.29, 1.82) is 0 Å². The number of nitrogens with zero attached hydrogens (tertiary/aromatic N) is 3. The van der Waals surface area contributed by atoms with Crippen LogP contribution < -0.4 is 5.43 Å². The number of hydrogen-bond donors (Lipinski definition) is 2. The summed E-state index contributed by atoms with van der Waals surface area (Å²) in [6, 6.07) is 9.37. The molecule has 0 saturated heterocycles. The highest BCUT2D eigenvalue weighted by Gasteiger charge is 2.12. The number of hydrazone groups is 1. The maximum atomic E-state index is 12.3. The molecule has 3 aromatic rings. The smallest absolute Gasteiger partial charge is 0.288 e. The Morgan fingerprint density at radius 2 is 2.14 bits per heavy atom. The van der Waals surface area contributed by atoms with Gasteiger partial charge in [0, 0.05) is 22.4 Å². The second kappa shape index (κ2) is 8.41. The molecule has 28 heavy (non-hydrogen) atoms. The zero-order chi connectivity index (χ0) is 20.3. The van der Waals surface area contributed by atoms with E-state index in [1.165, 1.54) is 18.3 Å². The molecule has 0 aliphatic carbocycles. The highest BCUT2D eigenvalue weighted by molar-refractivity contribution is 7.99. The number of nitro benzene ring substituents is 1. The lowest BCUT2D eigenvalue weighted by Crippen LogP contribution is -2.17. The molecule has 8 nitrogen and oxygen atoms in total. The van der Waals surface area contributed by atoms with E-state index in [-0.39, 0.29) is 10.7 Å². The van der Waals surface area contributed by atoms with E-state index in [9.17, 15) is 14.9 Å². The first-order chi connectivity index (χ1) is 13.3. The van der Waals surface area contributed by atoms with Gasteiger partial charge in [0.2, 0.25) is 0 Å². The topological polar surface area (TPSA) is 113 Å². The van der Waals surface area contributed by atoms with Gasteiger partial charge in [-0.05, 0) is 24.3 Å². The van der Waals surface area contributed by atoms with Crippen LogP contribution in [-0.4, -0.2) is 32.3 Å². The molecule has 0 saturated carbocycles. The van der Waals surface area contributed by atoms with Crippen molar-refractivity contribution in [3.63, 3.8) is 0 Å². The molecule has 1 aromatic heterocycles. The summed E-state index contributed by atoms with van der Waals surface area (Å²) in [5.74, 6) is -0.408. The Hall–Kier alpha value is -2.91. The van der Waals surface area contributed by atoms with Crippen LogP contribution in [-0.2, 0) is 0 Å². The number of benzene rings is 2. The molecular weight excluding hydrogens is 402 g/mol. The quantitative estimate of drug-likeness (QED) is 0.267. The molecule has 0 unspecified atom stereocenters. The fraction of sp³-hybridized carbons (Fsp3) is 0.167. The molecule has 0 radical (unpaired) electrons. The average Bonchev–Trinajstić information content (AvgIpc) is 3.03. The number of amides is 1. The van der Waals surface area contributed by atoms with Crippen molar-refractivity contribution < 1.29 is 9.72 Å². The molecule has 1 amide bonds. The molecule has 0 fully saturated rings. The van der Waals surface area contributed by atoms with E-state index >= 15 is 0 Å². The van der Waals surface area contributed by atoms with E-state index in [2.05, 4.69) is 34.3 Å². The molecule has 3 rings (SSSR count). The predicted octanol–water partition coefficient (Wildman–Crippen LogP) is 4.39. The Morgan fingerprint density at radius 3 is 2.86 bits per heavy atom. The number of nitrogens with one attached hydrogen (secondary N) is 2. The molecule has 144 valence electrons. The second-order valence-electron chi connectivity index (χ2n) is 6.11. The first kappa shape index (κ1) is 19.8. The van der Waals surface area contributed by atoms with Crippen molar-refractivity contribution in [2.24, 2.45) is 5.10 Å². The van der Waals surface area contributed by atoms with Crippen molar-refractivity contribution >= 4 is 52.2 Å². The van der Waals surface area contributed by atoms with Crippen molar-refractivity contribution in [3.05, 3.63) is 62.7 Å². The maximum absolute atomic E-state index is 12.3. The van der Waals surface area contributed by atoms with E-state index in [0.717, 1.165) is 16.2 Å². The van der Waals surface area contributed by atoms with Gasteiger partial charge in [-0.3, -0.25) is 14.9 Å². The predicted molar refractivity (Wildman–Crippen MR) is 110 cm³/mol. The fourth-order valence-electron chi connectivity index (χ4n) is 2.39. The zero-order valence-electron chi connectivity index (χ0n) is 15.0. The number of H-pyrrole nitrogens is 1. The second-order valence-corrected chi connectivity index (χ2v) is 8.08. The van der Waals surface area contributed by atoms with Crippen LogP contribution in [0.3, 0.4) is 0 Å². The van der Waals surface area contributed by atoms with Crippen molar-refractivity contribution in [1.82, 2.24) is 15.4 Å². The lowest BCUT2D eigenvalue weighted by atomic mass is 10.2.